The Labute approximate surface area is 112 Å². The van der Waals surface area contributed by atoms with Gasteiger partial charge in [-0.05, 0) is 43.3 Å². The zero-order chi connectivity index (χ0) is 10.2. The fourth-order valence-corrected chi connectivity index (χ4v) is 3.28. The molecule has 0 saturated carbocycles. The average molecular weight is 364 g/mol. The predicted octanol–water partition coefficient (Wildman–Crippen LogP) is 4.74. The van der Waals surface area contributed by atoms with E-state index in [0.29, 0.717) is 0 Å². The molecule has 0 aliphatic carbocycles. The Balaban J connectivity index is 0.00000169. The number of halogens is 3. The summed E-state index contributed by atoms with van der Waals surface area (Å²) in [5.74, 6) is 0. The van der Waals surface area contributed by atoms with Crippen LogP contribution in [0.3, 0.4) is 0 Å². The van der Waals surface area contributed by atoms with Crippen LogP contribution in [0.2, 0.25) is 0 Å². The fourth-order valence-electron chi connectivity index (χ4n) is 0.943. The molecule has 1 aromatic rings. The van der Waals surface area contributed by atoms with Gasteiger partial charge < -0.3 is 5.73 Å². The molecule has 82 valence electrons. The molecule has 2 N–H and O–H groups in total. The molecule has 1 atom stereocenters. The summed E-state index contributed by atoms with van der Waals surface area (Å²) in [7, 11) is 0. The molecule has 0 bridgehead atoms. The zero-order valence-corrected chi connectivity index (χ0v) is 13.1. The molecule has 14 heavy (non-hydrogen) atoms. The smallest absolute Gasteiger partial charge is 0.0843 e. The standard InChI is InChI=1S/C9H13Br2NS.ClH/c1-9(2,3)7(12)6-4-5(10)8(11)13-6;/h4,7H,12H2,1-3H3;1H/t7-;/m1./s1. The van der Waals surface area contributed by atoms with Crippen LogP contribution in [0, 0.1) is 5.41 Å². The first-order chi connectivity index (χ1) is 5.82. The van der Waals surface area contributed by atoms with E-state index in [2.05, 4.69) is 58.7 Å². The van der Waals surface area contributed by atoms with Crippen molar-refractivity contribution < 1.29 is 0 Å². The van der Waals surface area contributed by atoms with Crippen molar-refractivity contribution in [3.05, 3.63) is 19.2 Å². The minimum Gasteiger partial charge on any atom is -0.323 e. The number of nitrogens with two attached hydrogens (primary N) is 1. The first-order valence-electron chi connectivity index (χ1n) is 4.02. The van der Waals surface area contributed by atoms with Crippen molar-refractivity contribution in [1.29, 1.82) is 0 Å². The van der Waals surface area contributed by atoms with Crippen molar-refractivity contribution in [3.8, 4) is 0 Å². The number of hydrogen-bond acceptors (Lipinski definition) is 2. The molecule has 1 heterocycles. The van der Waals surface area contributed by atoms with Crippen LogP contribution in [-0.4, -0.2) is 0 Å². The third-order valence-electron chi connectivity index (χ3n) is 1.90. The second kappa shape index (κ2) is 5.30. The van der Waals surface area contributed by atoms with Crippen molar-refractivity contribution in [2.45, 2.75) is 26.8 Å². The van der Waals surface area contributed by atoms with Gasteiger partial charge in [-0.1, -0.05) is 20.8 Å². The molecule has 0 aliphatic rings. The van der Waals surface area contributed by atoms with Gasteiger partial charge in [-0.3, -0.25) is 0 Å². The quantitative estimate of drug-likeness (QED) is 0.766. The number of hydrogen-bond donors (Lipinski definition) is 1. The Morgan fingerprint density at radius 1 is 1.36 bits per heavy atom. The van der Waals surface area contributed by atoms with E-state index in [1.807, 2.05) is 0 Å². The van der Waals surface area contributed by atoms with Crippen LogP contribution in [0.4, 0.5) is 0 Å². The van der Waals surface area contributed by atoms with Crippen LogP contribution < -0.4 is 5.73 Å². The normalized spacial score (nSPS) is 13.6. The summed E-state index contributed by atoms with van der Waals surface area (Å²) >= 11 is 8.62. The number of rotatable bonds is 1. The van der Waals surface area contributed by atoms with Gasteiger partial charge in [0.2, 0.25) is 0 Å². The molecule has 0 spiro atoms. The third-order valence-corrected chi connectivity index (χ3v) is 5.24. The third kappa shape index (κ3) is 3.49. The fraction of sp³-hybridized carbons (Fsp3) is 0.556. The molecule has 0 aromatic carbocycles. The Morgan fingerprint density at radius 3 is 2.14 bits per heavy atom. The van der Waals surface area contributed by atoms with Gasteiger partial charge in [0.15, 0.2) is 0 Å². The minimum absolute atomic E-state index is 0. The van der Waals surface area contributed by atoms with E-state index in [4.69, 9.17) is 5.73 Å². The molecule has 5 heteroatoms. The molecule has 0 aliphatic heterocycles. The van der Waals surface area contributed by atoms with Crippen molar-refractivity contribution >= 4 is 55.6 Å². The van der Waals surface area contributed by atoms with E-state index in [0.717, 1.165) is 8.26 Å². The molecule has 0 saturated heterocycles. The molecule has 0 unspecified atom stereocenters. The van der Waals surface area contributed by atoms with Gasteiger partial charge in [-0.2, -0.15) is 0 Å². The molecule has 0 fully saturated rings. The van der Waals surface area contributed by atoms with Crippen molar-refractivity contribution in [2.75, 3.05) is 0 Å². The first-order valence-corrected chi connectivity index (χ1v) is 6.43. The van der Waals surface area contributed by atoms with Crippen LogP contribution in [0.15, 0.2) is 14.3 Å². The van der Waals surface area contributed by atoms with Crippen molar-refractivity contribution in [2.24, 2.45) is 11.1 Å². The van der Waals surface area contributed by atoms with Crippen LogP contribution in [-0.2, 0) is 0 Å². The summed E-state index contributed by atoms with van der Waals surface area (Å²) in [4.78, 5) is 1.21. The maximum Gasteiger partial charge on any atom is 0.0843 e. The lowest BCUT2D eigenvalue weighted by atomic mass is 9.87. The van der Waals surface area contributed by atoms with Crippen LogP contribution in [0.25, 0.3) is 0 Å². The Morgan fingerprint density at radius 2 is 1.86 bits per heavy atom. The predicted molar refractivity (Wildman–Crippen MR) is 73.4 cm³/mol. The SMILES string of the molecule is CC(C)(C)[C@H](N)c1cc(Br)c(Br)s1.Cl. The highest BCUT2D eigenvalue weighted by molar-refractivity contribution is 9.13. The van der Waals surface area contributed by atoms with Crippen molar-refractivity contribution in [3.63, 3.8) is 0 Å². The Hall–Kier alpha value is 0.910. The van der Waals surface area contributed by atoms with Gasteiger partial charge >= 0.3 is 0 Å². The molecule has 0 radical (unpaired) electrons. The van der Waals surface area contributed by atoms with E-state index in [1.165, 1.54) is 4.88 Å². The summed E-state index contributed by atoms with van der Waals surface area (Å²) in [6.07, 6.45) is 0. The van der Waals surface area contributed by atoms with E-state index >= 15 is 0 Å². The average Bonchev–Trinajstić information content (AvgIpc) is 2.29. The van der Waals surface area contributed by atoms with Gasteiger partial charge in [0, 0.05) is 15.4 Å². The van der Waals surface area contributed by atoms with E-state index in [1.54, 1.807) is 11.3 Å². The van der Waals surface area contributed by atoms with Gasteiger partial charge in [0.1, 0.15) is 0 Å². The van der Waals surface area contributed by atoms with E-state index in [-0.39, 0.29) is 23.9 Å². The first kappa shape index (κ1) is 14.9. The highest BCUT2D eigenvalue weighted by atomic mass is 79.9. The van der Waals surface area contributed by atoms with Crippen LogP contribution >= 0.6 is 55.6 Å². The lowest BCUT2D eigenvalue weighted by Gasteiger charge is -2.25. The van der Waals surface area contributed by atoms with Gasteiger partial charge in [-0.25, -0.2) is 0 Å². The largest absolute Gasteiger partial charge is 0.323 e. The molecular formula is C9H14Br2ClNS. The van der Waals surface area contributed by atoms with Crippen LogP contribution in [0.1, 0.15) is 31.7 Å². The summed E-state index contributed by atoms with van der Waals surface area (Å²) in [6, 6.07) is 2.19. The maximum absolute atomic E-state index is 6.12. The van der Waals surface area contributed by atoms with Gasteiger partial charge in [0.25, 0.3) is 0 Å². The lowest BCUT2D eigenvalue weighted by molar-refractivity contribution is 0.331. The van der Waals surface area contributed by atoms with Crippen LogP contribution in [0.5, 0.6) is 0 Å². The molecular weight excluding hydrogens is 349 g/mol. The van der Waals surface area contributed by atoms with Gasteiger partial charge in [0.05, 0.1) is 3.79 Å². The highest BCUT2D eigenvalue weighted by Gasteiger charge is 2.24. The van der Waals surface area contributed by atoms with E-state index < -0.39 is 0 Å². The zero-order valence-electron chi connectivity index (χ0n) is 8.30. The monoisotopic (exact) mass is 361 g/mol. The summed E-state index contributed by atoms with van der Waals surface area (Å²) in [6.45, 7) is 6.46. The van der Waals surface area contributed by atoms with Crippen molar-refractivity contribution in [1.82, 2.24) is 0 Å². The molecule has 1 rings (SSSR count). The lowest BCUT2D eigenvalue weighted by Crippen LogP contribution is -2.25. The minimum atomic E-state index is 0. The molecule has 1 aromatic heterocycles. The topological polar surface area (TPSA) is 26.0 Å². The Bertz CT molecular complexity index is 287. The number of thiophene rings is 1. The molecule has 0 amide bonds. The maximum atomic E-state index is 6.12. The second-order valence-corrected chi connectivity index (χ2v) is 7.37. The highest BCUT2D eigenvalue weighted by Crippen LogP contribution is 2.40. The summed E-state index contributed by atoms with van der Waals surface area (Å²) < 4.78 is 2.20. The Kier molecular flexibility index (Phi) is 5.65. The summed E-state index contributed by atoms with van der Waals surface area (Å²) in [5.41, 5.74) is 6.24. The van der Waals surface area contributed by atoms with Gasteiger partial charge in [-0.15, -0.1) is 23.7 Å². The van der Waals surface area contributed by atoms with E-state index in [9.17, 15) is 0 Å². The molecule has 1 nitrogen and oxygen atoms in total. The summed E-state index contributed by atoms with van der Waals surface area (Å²) in [5, 5.41) is 0. The second-order valence-electron chi connectivity index (χ2n) is 4.11.